The van der Waals surface area contributed by atoms with Gasteiger partial charge < -0.3 is 10.1 Å². The van der Waals surface area contributed by atoms with E-state index < -0.39 is 12.0 Å². The molecule has 13 heavy (non-hydrogen) atoms. The van der Waals surface area contributed by atoms with Crippen LogP contribution in [0.15, 0.2) is 12.7 Å². The number of carbonyl (C=O) groups excluding carboxylic acids is 2. The van der Waals surface area contributed by atoms with Crippen LogP contribution in [0.25, 0.3) is 0 Å². The van der Waals surface area contributed by atoms with E-state index in [1.165, 1.54) is 14.0 Å². The van der Waals surface area contributed by atoms with Crippen molar-refractivity contribution in [1.29, 1.82) is 0 Å². The van der Waals surface area contributed by atoms with E-state index in [1.54, 1.807) is 13.0 Å². The summed E-state index contributed by atoms with van der Waals surface area (Å²) in [5.41, 5.74) is 0. The van der Waals surface area contributed by atoms with E-state index in [-0.39, 0.29) is 11.8 Å². The SMILES string of the molecule is C=C[C@H](C)[C@@H](NC(C)=O)C(=O)OC. The Kier molecular flexibility index (Phi) is 4.80. The van der Waals surface area contributed by atoms with E-state index in [0.29, 0.717) is 0 Å². The second-order valence-corrected chi connectivity index (χ2v) is 2.80. The van der Waals surface area contributed by atoms with Crippen molar-refractivity contribution in [3.05, 3.63) is 12.7 Å². The Morgan fingerprint density at radius 1 is 1.54 bits per heavy atom. The van der Waals surface area contributed by atoms with E-state index in [0.717, 1.165) is 0 Å². The second-order valence-electron chi connectivity index (χ2n) is 2.80. The van der Waals surface area contributed by atoms with Gasteiger partial charge in [-0.25, -0.2) is 4.79 Å². The Balaban J connectivity index is 4.44. The summed E-state index contributed by atoms with van der Waals surface area (Å²) in [6.45, 7) is 6.68. The van der Waals surface area contributed by atoms with Gasteiger partial charge in [0, 0.05) is 12.8 Å². The molecule has 74 valence electrons. The Morgan fingerprint density at radius 2 is 2.08 bits per heavy atom. The number of esters is 1. The Bertz CT molecular complexity index is 213. The molecule has 0 unspecified atom stereocenters. The summed E-state index contributed by atoms with van der Waals surface area (Å²) < 4.78 is 4.53. The van der Waals surface area contributed by atoms with Crippen LogP contribution in [0.2, 0.25) is 0 Å². The third-order valence-corrected chi connectivity index (χ3v) is 1.71. The summed E-state index contributed by atoms with van der Waals surface area (Å²) in [5, 5.41) is 2.50. The Morgan fingerprint density at radius 3 is 2.38 bits per heavy atom. The largest absolute Gasteiger partial charge is 0.467 e. The van der Waals surface area contributed by atoms with Gasteiger partial charge in [0.05, 0.1) is 7.11 Å². The molecule has 0 aromatic carbocycles. The average molecular weight is 185 g/mol. The molecule has 0 heterocycles. The molecular formula is C9H15NO3. The second kappa shape index (κ2) is 5.35. The van der Waals surface area contributed by atoms with Crippen LogP contribution in [-0.2, 0) is 14.3 Å². The van der Waals surface area contributed by atoms with Crippen LogP contribution in [-0.4, -0.2) is 25.0 Å². The predicted octanol–water partition coefficient (Wildman–Crippen LogP) is 0.486. The van der Waals surface area contributed by atoms with E-state index in [9.17, 15) is 9.59 Å². The van der Waals surface area contributed by atoms with Gasteiger partial charge in [-0.3, -0.25) is 4.79 Å². The van der Waals surface area contributed by atoms with Crippen molar-refractivity contribution in [2.75, 3.05) is 7.11 Å². The van der Waals surface area contributed by atoms with Crippen LogP contribution in [0, 0.1) is 5.92 Å². The first-order valence-corrected chi connectivity index (χ1v) is 4.00. The Labute approximate surface area is 78.0 Å². The minimum atomic E-state index is -0.639. The zero-order valence-corrected chi connectivity index (χ0v) is 8.16. The standard InChI is InChI=1S/C9H15NO3/c1-5-6(2)8(9(12)13-4)10-7(3)11/h5-6,8H,1H2,2-4H3,(H,10,11)/t6-,8+/m0/s1. The van der Waals surface area contributed by atoms with Gasteiger partial charge in [-0.15, -0.1) is 6.58 Å². The molecule has 0 aliphatic rings. The van der Waals surface area contributed by atoms with E-state index in [4.69, 9.17) is 0 Å². The highest BCUT2D eigenvalue weighted by Gasteiger charge is 2.24. The summed E-state index contributed by atoms with van der Waals surface area (Å²) in [6, 6.07) is -0.639. The molecule has 4 nitrogen and oxygen atoms in total. The maximum atomic E-state index is 11.2. The maximum Gasteiger partial charge on any atom is 0.328 e. The van der Waals surface area contributed by atoms with Crippen molar-refractivity contribution in [2.24, 2.45) is 5.92 Å². The molecule has 4 heteroatoms. The molecule has 0 aliphatic heterocycles. The number of nitrogens with one attached hydrogen (secondary N) is 1. The third-order valence-electron chi connectivity index (χ3n) is 1.71. The lowest BCUT2D eigenvalue weighted by atomic mass is 10.0. The fourth-order valence-electron chi connectivity index (χ4n) is 0.887. The van der Waals surface area contributed by atoms with Crippen molar-refractivity contribution >= 4 is 11.9 Å². The average Bonchev–Trinajstić information content (AvgIpc) is 2.11. The van der Waals surface area contributed by atoms with Crippen LogP contribution in [0.3, 0.4) is 0 Å². The number of rotatable bonds is 4. The number of hydrogen-bond acceptors (Lipinski definition) is 3. The van der Waals surface area contributed by atoms with Crippen molar-refractivity contribution in [2.45, 2.75) is 19.9 Å². The van der Waals surface area contributed by atoms with Gasteiger partial charge in [0.1, 0.15) is 6.04 Å². The smallest absolute Gasteiger partial charge is 0.328 e. The topological polar surface area (TPSA) is 55.4 Å². The molecular weight excluding hydrogens is 170 g/mol. The van der Waals surface area contributed by atoms with Gasteiger partial charge in [-0.1, -0.05) is 13.0 Å². The minimum Gasteiger partial charge on any atom is -0.467 e. The summed E-state index contributed by atoms with van der Waals surface area (Å²) >= 11 is 0. The van der Waals surface area contributed by atoms with Crippen molar-refractivity contribution in [3.8, 4) is 0 Å². The van der Waals surface area contributed by atoms with Crippen LogP contribution in [0.5, 0.6) is 0 Å². The van der Waals surface area contributed by atoms with Crippen molar-refractivity contribution in [1.82, 2.24) is 5.32 Å². The molecule has 0 fully saturated rings. The third kappa shape index (κ3) is 3.73. The highest BCUT2D eigenvalue weighted by atomic mass is 16.5. The first-order valence-electron chi connectivity index (χ1n) is 4.00. The van der Waals surface area contributed by atoms with E-state index >= 15 is 0 Å². The first-order chi connectivity index (χ1) is 6.02. The zero-order chi connectivity index (χ0) is 10.4. The summed E-state index contributed by atoms with van der Waals surface area (Å²) in [6.07, 6.45) is 1.59. The van der Waals surface area contributed by atoms with Gasteiger partial charge in [-0.05, 0) is 0 Å². The van der Waals surface area contributed by atoms with Crippen molar-refractivity contribution in [3.63, 3.8) is 0 Å². The van der Waals surface area contributed by atoms with Crippen molar-refractivity contribution < 1.29 is 14.3 Å². The monoisotopic (exact) mass is 185 g/mol. The summed E-state index contributed by atoms with van der Waals surface area (Å²) in [4.78, 5) is 21.9. The Hall–Kier alpha value is -1.32. The maximum absolute atomic E-state index is 11.2. The van der Waals surface area contributed by atoms with Gasteiger partial charge >= 0.3 is 5.97 Å². The molecule has 0 aliphatic carbocycles. The number of amides is 1. The lowest BCUT2D eigenvalue weighted by Crippen LogP contribution is -2.44. The van der Waals surface area contributed by atoms with Gasteiger partial charge in [0.2, 0.25) is 5.91 Å². The summed E-state index contributed by atoms with van der Waals surface area (Å²) in [7, 11) is 1.28. The summed E-state index contributed by atoms with van der Waals surface area (Å²) in [5.74, 6) is -0.858. The fraction of sp³-hybridized carbons (Fsp3) is 0.556. The quantitative estimate of drug-likeness (QED) is 0.512. The zero-order valence-electron chi connectivity index (χ0n) is 8.16. The minimum absolute atomic E-state index is 0.142. The number of hydrogen-bond donors (Lipinski definition) is 1. The normalized spacial score (nSPS) is 14.1. The van der Waals surface area contributed by atoms with Crippen LogP contribution in [0.4, 0.5) is 0 Å². The number of ether oxygens (including phenoxy) is 1. The van der Waals surface area contributed by atoms with Crippen LogP contribution >= 0.6 is 0 Å². The molecule has 2 atom stereocenters. The molecule has 0 rings (SSSR count). The molecule has 0 bridgehead atoms. The highest BCUT2D eigenvalue weighted by Crippen LogP contribution is 2.05. The molecule has 0 aromatic rings. The number of carbonyl (C=O) groups is 2. The molecule has 1 amide bonds. The molecule has 1 N–H and O–H groups in total. The van der Waals surface area contributed by atoms with Gasteiger partial charge in [0.15, 0.2) is 0 Å². The fourth-order valence-corrected chi connectivity index (χ4v) is 0.887. The van der Waals surface area contributed by atoms with E-state index in [2.05, 4.69) is 16.6 Å². The lowest BCUT2D eigenvalue weighted by molar-refractivity contribution is -0.145. The molecule has 0 radical (unpaired) electrons. The van der Waals surface area contributed by atoms with Gasteiger partial charge in [0.25, 0.3) is 0 Å². The molecule has 0 aromatic heterocycles. The number of methoxy groups -OCH3 is 1. The predicted molar refractivity (Wildman–Crippen MR) is 49.0 cm³/mol. The highest BCUT2D eigenvalue weighted by molar-refractivity contribution is 5.83. The molecule has 0 saturated heterocycles. The van der Waals surface area contributed by atoms with Crippen LogP contribution < -0.4 is 5.32 Å². The lowest BCUT2D eigenvalue weighted by Gasteiger charge is -2.19. The van der Waals surface area contributed by atoms with Gasteiger partial charge in [-0.2, -0.15) is 0 Å². The molecule has 0 saturated carbocycles. The first kappa shape index (κ1) is 11.7. The molecule has 0 spiro atoms. The van der Waals surface area contributed by atoms with Crippen LogP contribution in [0.1, 0.15) is 13.8 Å². The van der Waals surface area contributed by atoms with E-state index in [1.807, 2.05) is 0 Å².